The third-order valence-corrected chi connectivity index (χ3v) is 3.03. The average molecular weight is 268 g/mol. The van der Waals surface area contributed by atoms with Crippen LogP contribution < -0.4 is 22.5 Å². The Balaban J connectivity index is 2.24. The largest absolute Gasteiger partial charge is 0.714 e. The van der Waals surface area contributed by atoms with Gasteiger partial charge in [0.15, 0.2) is 0 Å². The van der Waals surface area contributed by atoms with Gasteiger partial charge in [0.1, 0.15) is 0 Å². The molecule has 2 heterocycles. The summed E-state index contributed by atoms with van der Waals surface area (Å²) in [6.07, 6.45) is 0.703. The van der Waals surface area contributed by atoms with Crippen molar-refractivity contribution in [3.63, 3.8) is 0 Å². The third-order valence-electron chi connectivity index (χ3n) is 3.03. The van der Waals surface area contributed by atoms with E-state index in [-0.39, 0.29) is 17.7 Å². The molecule has 0 radical (unpaired) electrons. The van der Waals surface area contributed by atoms with Crippen LogP contribution in [0.5, 0.6) is 0 Å². The molecule has 2 rings (SSSR count). The second-order valence-corrected chi connectivity index (χ2v) is 4.29. The van der Waals surface area contributed by atoms with Crippen molar-refractivity contribution in [3.05, 3.63) is 34.6 Å². The summed E-state index contributed by atoms with van der Waals surface area (Å²) in [7, 11) is 0. The van der Waals surface area contributed by atoms with E-state index in [2.05, 4.69) is 5.32 Å². The smallest absolute Gasteiger partial charge is 0.309 e. The zero-order valence-corrected chi connectivity index (χ0v) is 10.3. The van der Waals surface area contributed by atoms with Crippen LogP contribution in [0.4, 0.5) is 0 Å². The summed E-state index contributed by atoms with van der Waals surface area (Å²) < 4.78 is 5.68. The number of amidine groups is 2. The molecule has 1 aromatic heterocycles. The SMILES string of the molecule is CC(NC1C(N)=[N+]([O-])C(N)C(N)=[N+]1[O-])c1ccoc1. The monoisotopic (exact) mass is 268 g/mol. The molecule has 0 saturated heterocycles. The average Bonchev–Trinajstić information content (AvgIpc) is 2.93. The van der Waals surface area contributed by atoms with Crippen molar-refractivity contribution >= 4 is 11.7 Å². The Morgan fingerprint density at radius 2 is 2.00 bits per heavy atom. The first-order valence-corrected chi connectivity index (χ1v) is 5.64. The van der Waals surface area contributed by atoms with Gasteiger partial charge in [0.05, 0.1) is 12.5 Å². The van der Waals surface area contributed by atoms with Gasteiger partial charge in [-0.05, 0) is 13.0 Å². The minimum absolute atomic E-state index is 0.230. The fourth-order valence-electron chi connectivity index (χ4n) is 1.81. The van der Waals surface area contributed by atoms with Gasteiger partial charge in [-0.3, -0.25) is 22.5 Å². The predicted molar refractivity (Wildman–Crippen MR) is 67.7 cm³/mol. The molecule has 0 spiro atoms. The lowest BCUT2D eigenvalue weighted by Crippen LogP contribution is -2.64. The second kappa shape index (κ2) is 4.78. The molecule has 3 atom stereocenters. The molecule has 19 heavy (non-hydrogen) atoms. The number of hydrogen-bond acceptors (Lipinski definition) is 7. The lowest BCUT2D eigenvalue weighted by atomic mass is 10.1. The van der Waals surface area contributed by atoms with Crippen LogP contribution >= 0.6 is 0 Å². The van der Waals surface area contributed by atoms with Gasteiger partial charge in [0.25, 0.3) is 6.17 Å². The first-order valence-electron chi connectivity index (χ1n) is 5.64. The van der Waals surface area contributed by atoms with E-state index in [9.17, 15) is 10.4 Å². The maximum Gasteiger partial charge on any atom is 0.309 e. The Labute approximate surface area is 109 Å². The summed E-state index contributed by atoms with van der Waals surface area (Å²) in [6, 6.07) is 1.48. The molecule has 1 aliphatic heterocycles. The highest BCUT2D eigenvalue weighted by molar-refractivity contribution is 5.87. The van der Waals surface area contributed by atoms with E-state index in [1.807, 2.05) is 0 Å². The normalized spacial score (nSPS) is 25.8. The molecule has 104 valence electrons. The molecule has 0 amide bonds. The highest BCUT2D eigenvalue weighted by Crippen LogP contribution is 2.14. The summed E-state index contributed by atoms with van der Waals surface area (Å²) in [5.41, 5.74) is 17.4. The van der Waals surface area contributed by atoms with E-state index < -0.39 is 12.3 Å². The number of hydroxylamine groups is 2. The maximum absolute atomic E-state index is 11.9. The van der Waals surface area contributed by atoms with Gasteiger partial charge in [0, 0.05) is 11.6 Å². The van der Waals surface area contributed by atoms with Crippen molar-refractivity contribution in [3.8, 4) is 0 Å². The second-order valence-electron chi connectivity index (χ2n) is 4.29. The molecule has 9 heteroatoms. The van der Waals surface area contributed by atoms with Gasteiger partial charge >= 0.3 is 11.7 Å². The molecule has 1 aliphatic rings. The van der Waals surface area contributed by atoms with Crippen molar-refractivity contribution < 1.29 is 13.9 Å². The number of furan rings is 1. The van der Waals surface area contributed by atoms with Gasteiger partial charge in [-0.1, -0.05) is 0 Å². The van der Waals surface area contributed by atoms with Crippen molar-refractivity contribution in [1.82, 2.24) is 5.32 Å². The Morgan fingerprint density at radius 1 is 1.32 bits per heavy atom. The van der Waals surface area contributed by atoms with Gasteiger partial charge in [-0.25, -0.2) is 9.48 Å². The minimum Gasteiger partial charge on any atom is -0.714 e. The van der Waals surface area contributed by atoms with Gasteiger partial charge < -0.3 is 14.8 Å². The van der Waals surface area contributed by atoms with Crippen LogP contribution in [0.3, 0.4) is 0 Å². The summed E-state index contributed by atoms with van der Waals surface area (Å²) >= 11 is 0. The third kappa shape index (κ3) is 2.20. The summed E-state index contributed by atoms with van der Waals surface area (Å²) in [4.78, 5) is 0. The first-order chi connectivity index (χ1) is 8.93. The molecule has 7 N–H and O–H groups in total. The fraction of sp³-hybridized carbons (Fsp3) is 0.400. The minimum atomic E-state index is -1.26. The van der Waals surface area contributed by atoms with Crippen molar-refractivity contribution in [2.75, 3.05) is 0 Å². The number of rotatable bonds is 3. The standard InChI is InChI=1S/C10H16N6O3/c1-5(6-2-3-19-4-6)14-10-9(13)15(17)7(11)8(12)16(10)18/h2-5,7,10,14H,11-13H2,1H3. The zero-order valence-electron chi connectivity index (χ0n) is 10.3. The van der Waals surface area contributed by atoms with E-state index in [0.29, 0.717) is 9.48 Å². The van der Waals surface area contributed by atoms with Crippen LogP contribution in [0, 0.1) is 10.4 Å². The first kappa shape index (κ1) is 13.2. The van der Waals surface area contributed by atoms with Crippen LogP contribution in [0.1, 0.15) is 18.5 Å². The van der Waals surface area contributed by atoms with Gasteiger partial charge in [0.2, 0.25) is 6.17 Å². The Kier molecular flexibility index (Phi) is 3.32. The Morgan fingerprint density at radius 3 is 2.58 bits per heavy atom. The molecule has 0 aliphatic carbocycles. The Bertz CT molecular complexity index is 497. The van der Waals surface area contributed by atoms with Crippen LogP contribution in [-0.4, -0.2) is 33.5 Å². The van der Waals surface area contributed by atoms with Gasteiger partial charge in [-0.15, -0.1) is 0 Å². The van der Waals surface area contributed by atoms with Crippen molar-refractivity contribution in [2.24, 2.45) is 17.2 Å². The highest BCUT2D eigenvalue weighted by atomic mass is 16.5. The van der Waals surface area contributed by atoms with Crippen molar-refractivity contribution in [2.45, 2.75) is 25.3 Å². The van der Waals surface area contributed by atoms with Crippen LogP contribution in [0.2, 0.25) is 0 Å². The van der Waals surface area contributed by atoms with E-state index in [0.717, 1.165) is 5.56 Å². The van der Waals surface area contributed by atoms with E-state index in [1.165, 1.54) is 12.5 Å². The van der Waals surface area contributed by atoms with Gasteiger partial charge in [-0.2, -0.15) is 0 Å². The molecular formula is C10H16N6O3. The number of nitrogens with one attached hydrogen (secondary N) is 1. The summed E-state index contributed by atoms with van der Waals surface area (Å²) in [5, 5.41) is 26.5. The van der Waals surface area contributed by atoms with E-state index in [4.69, 9.17) is 21.6 Å². The Hall–Kier alpha value is -2.26. The van der Waals surface area contributed by atoms with E-state index >= 15 is 0 Å². The molecule has 0 aromatic carbocycles. The van der Waals surface area contributed by atoms with Crippen LogP contribution in [0.15, 0.2) is 23.0 Å². The topological polar surface area (TPSA) is 155 Å². The highest BCUT2D eigenvalue weighted by Gasteiger charge is 2.36. The quantitative estimate of drug-likeness (QED) is 0.375. The number of nitrogens with zero attached hydrogens (tertiary/aromatic N) is 2. The van der Waals surface area contributed by atoms with E-state index in [1.54, 1.807) is 13.0 Å². The summed E-state index contributed by atoms with van der Waals surface area (Å²) in [6.45, 7) is 1.80. The zero-order chi connectivity index (χ0) is 14.2. The van der Waals surface area contributed by atoms with Crippen molar-refractivity contribution in [1.29, 1.82) is 0 Å². The number of nitrogens with two attached hydrogens (primary N) is 3. The summed E-state index contributed by atoms with van der Waals surface area (Å²) in [5.74, 6) is -0.520. The number of hydrogen-bond donors (Lipinski definition) is 4. The molecule has 0 fully saturated rings. The lowest BCUT2D eigenvalue weighted by molar-refractivity contribution is -0.564. The predicted octanol–water partition coefficient (Wildman–Crippen LogP) is -1.71. The molecule has 1 aromatic rings. The van der Waals surface area contributed by atoms with Crippen LogP contribution in [-0.2, 0) is 0 Å². The molecular weight excluding hydrogens is 252 g/mol. The molecule has 3 unspecified atom stereocenters. The maximum atomic E-state index is 11.9. The van der Waals surface area contributed by atoms with Crippen LogP contribution in [0.25, 0.3) is 0 Å². The fourth-order valence-corrected chi connectivity index (χ4v) is 1.81. The molecule has 0 saturated carbocycles. The molecule has 0 bridgehead atoms. The molecule has 9 nitrogen and oxygen atoms in total. The lowest BCUT2D eigenvalue weighted by Gasteiger charge is -2.32.